The third kappa shape index (κ3) is 3.01. The standard InChI is InChI=1S/C13H12BrNOS/c1-9-7-10(14)8-15-13(9)17-12-6-4-3-5-11(12)16-2/h3-8H,1-2H3. The third-order valence-electron chi connectivity index (χ3n) is 2.27. The summed E-state index contributed by atoms with van der Waals surface area (Å²) in [4.78, 5) is 5.49. The van der Waals surface area contributed by atoms with Crippen LogP contribution >= 0.6 is 27.7 Å². The Labute approximate surface area is 114 Å². The van der Waals surface area contributed by atoms with Gasteiger partial charge in [-0.25, -0.2) is 4.98 Å². The Bertz CT molecular complexity index is 531. The molecule has 0 aliphatic rings. The Morgan fingerprint density at radius 3 is 2.76 bits per heavy atom. The Hall–Kier alpha value is -1.00. The van der Waals surface area contributed by atoms with Crippen LogP contribution in [0.25, 0.3) is 0 Å². The molecule has 1 heterocycles. The third-order valence-corrected chi connectivity index (χ3v) is 3.88. The molecule has 0 amide bonds. The lowest BCUT2D eigenvalue weighted by Crippen LogP contribution is -1.88. The maximum atomic E-state index is 5.32. The molecule has 2 aromatic rings. The lowest BCUT2D eigenvalue weighted by Gasteiger charge is -2.08. The molecule has 0 unspecified atom stereocenters. The molecular weight excluding hydrogens is 298 g/mol. The van der Waals surface area contributed by atoms with Gasteiger partial charge in [-0.1, -0.05) is 23.9 Å². The lowest BCUT2D eigenvalue weighted by atomic mass is 10.3. The van der Waals surface area contributed by atoms with Crippen molar-refractivity contribution in [3.8, 4) is 5.75 Å². The minimum Gasteiger partial charge on any atom is -0.496 e. The maximum Gasteiger partial charge on any atom is 0.132 e. The molecule has 1 aromatic carbocycles. The summed E-state index contributed by atoms with van der Waals surface area (Å²) in [6.45, 7) is 2.05. The molecule has 1 aromatic heterocycles. The zero-order chi connectivity index (χ0) is 12.3. The Balaban J connectivity index is 2.31. The molecular formula is C13H12BrNOS. The molecule has 0 spiro atoms. The molecule has 0 saturated heterocycles. The molecule has 0 aliphatic heterocycles. The molecule has 0 fully saturated rings. The summed E-state index contributed by atoms with van der Waals surface area (Å²) in [7, 11) is 1.68. The van der Waals surface area contributed by atoms with Gasteiger partial charge in [0, 0.05) is 10.7 Å². The van der Waals surface area contributed by atoms with Gasteiger partial charge in [-0.05, 0) is 46.6 Å². The molecule has 88 valence electrons. The maximum absolute atomic E-state index is 5.32. The topological polar surface area (TPSA) is 22.1 Å². The number of hydrogen-bond donors (Lipinski definition) is 0. The van der Waals surface area contributed by atoms with Gasteiger partial charge in [-0.2, -0.15) is 0 Å². The summed E-state index contributed by atoms with van der Waals surface area (Å²) in [5, 5.41) is 0.998. The van der Waals surface area contributed by atoms with Gasteiger partial charge in [0.2, 0.25) is 0 Å². The number of methoxy groups -OCH3 is 1. The van der Waals surface area contributed by atoms with Crippen molar-refractivity contribution in [1.82, 2.24) is 4.98 Å². The molecule has 0 N–H and O–H groups in total. The summed E-state index contributed by atoms with van der Waals surface area (Å²) in [6, 6.07) is 10.0. The van der Waals surface area contributed by atoms with Crippen LogP contribution in [0.1, 0.15) is 5.56 Å². The molecule has 0 atom stereocenters. The largest absolute Gasteiger partial charge is 0.496 e. The number of para-hydroxylation sites is 1. The van der Waals surface area contributed by atoms with Crippen LogP contribution in [0.5, 0.6) is 5.75 Å². The van der Waals surface area contributed by atoms with Crippen molar-refractivity contribution in [2.45, 2.75) is 16.8 Å². The second-order valence-electron chi connectivity index (χ2n) is 3.53. The number of rotatable bonds is 3. The average molecular weight is 310 g/mol. The predicted molar refractivity (Wildman–Crippen MR) is 73.8 cm³/mol. The van der Waals surface area contributed by atoms with Crippen molar-refractivity contribution in [2.75, 3.05) is 7.11 Å². The fraction of sp³-hybridized carbons (Fsp3) is 0.154. The van der Waals surface area contributed by atoms with Crippen molar-refractivity contribution in [3.63, 3.8) is 0 Å². The summed E-state index contributed by atoms with van der Waals surface area (Å²) in [5.74, 6) is 0.876. The van der Waals surface area contributed by atoms with Crippen LogP contribution in [0.3, 0.4) is 0 Å². The highest BCUT2D eigenvalue weighted by molar-refractivity contribution is 9.10. The van der Waals surface area contributed by atoms with E-state index in [1.54, 1.807) is 18.9 Å². The molecule has 17 heavy (non-hydrogen) atoms. The Morgan fingerprint density at radius 2 is 2.06 bits per heavy atom. The van der Waals surface area contributed by atoms with Gasteiger partial charge in [-0.15, -0.1) is 0 Å². The van der Waals surface area contributed by atoms with Crippen LogP contribution in [0.4, 0.5) is 0 Å². The summed E-state index contributed by atoms with van der Waals surface area (Å²) in [5.41, 5.74) is 1.15. The minimum absolute atomic E-state index is 0.876. The summed E-state index contributed by atoms with van der Waals surface area (Å²) >= 11 is 5.03. The first kappa shape index (κ1) is 12.5. The Kier molecular flexibility index (Phi) is 4.07. The Morgan fingerprint density at radius 1 is 1.29 bits per heavy atom. The van der Waals surface area contributed by atoms with E-state index in [1.807, 2.05) is 30.5 Å². The average Bonchev–Trinajstić information content (AvgIpc) is 2.33. The van der Waals surface area contributed by atoms with Crippen LogP contribution in [-0.4, -0.2) is 12.1 Å². The molecule has 4 heteroatoms. The van der Waals surface area contributed by atoms with Gasteiger partial charge < -0.3 is 4.74 Å². The predicted octanol–water partition coefficient (Wildman–Crippen LogP) is 4.31. The molecule has 2 rings (SSSR count). The van der Waals surface area contributed by atoms with E-state index in [2.05, 4.69) is 33.9 Å². The van der Waals surface area contributed by atoms with E-state index in [1.165, 1.54) is 0 Å². The van der Waals surface area contributed by atoms with E-state index in [-0.39, 0.29) is 0 Å². The highest BCUT2D eigenvalue weighted by Crippen LogP contribution is 2.35. The van der Waals surface area contributed by atoms with Gasteiger partial charge in [0.15, 0.2) is 0 Å². The van der Waals surface area contributed by atoms with E-state index < -0.39 is 0 Å². The fourth-order valence-electron chi connectivity index (χ4n) is 1.44. The smallest absolute Gasteiger partial charge is 0.132 e. The van der Waals surface area contributed by atoms with E-state index in [9.17, 15) is 0 Å². The number of halogens is 1. The summed E-state index contributed by atoms with van der Waals surface area (Å²) < 4.78 is 6.32. The zero-order valence-electron chi connectivity index (χ0n) is 9.61. The van der Waals surface area contributed by atoms with Gasteiger partial charge in [-0.3, -0.25) is 0 Å². The van der Waals surface area contributed by atoms with Gasteiger partial charge in [0.25, 0.3) is 0 Å². The van der Waals surface area contributed by atoms with Crippen LogP contribution in [0.2, 0.25) is 0 Å². The van der Waals surface area contributed by atoms with Crippen molar-refractivity contribution in [1.29, 1.82) is 0 Å². The first-order chi connectivity index (χ1) is 8.20. The minimum atomic E-state index is 0.876. The fourth-order valence-corrected chi connectivity index (χ4v) is 2.82. The van der Waals surface area contributed by atoms with Crippen molar-refractivity contribution >= 4 is 27.7 Å². The summed E-state index contributed by atoms with van der Waals surface area (Å²) in [6.07, 6.45) is 1.81. The van der Waals surface area contributed by atoms with E-state index >= 15 is 0 Å². The monoisotopic (exact) mass is 309 g/mol. The van der Waals surface area contributed by atoms with Gasteiger partial charge in [0.1, 0.15) is 10.8 Å². The first-order valence-electron chi connectivity index (χ1n) is 5.13. The van der Waals surface area contributed by atoms with Crippen LogP contribution in [0, 0.1) is 6.92 Å². The highest BCUT2D eigenvalue weighted by atomic mass is 79.9. The number of ether oxygens (including phenoxy) is 1. The number of pyridine rings is 1. The van der Waals surface area contributed by atoms with Crippen molar-refractivity contribution < 1.29 is 4.74 Å². The van der Waals surface area contributed by atoms with Crippen LogP contribution < -0.4 is 4.74 Å². The second-order valence-corrected chi connectivity index (χ2v) is 5.47. The molecule has 2 nitrogen and oxygen atoms in total. The normalized spacial score (nSPS) is 10.3. The van der Waals surface area contributed by atoms with Crippen molar-refractivity contribution in [3.05, 3.63) is 46.6 Å². The van der Waals surface area contributed by atoms with E-state index in [0.29, 0.717) is 0 Å². The molecule has 0 aliphatic carbocycles. The second kappa shape index (κ2) is 5.56. The van der Waals surface area contributed by atoms with E-state index in [0.717, 1.165) is 25.7 Å². The van der Waals surface area contributed by atoms with Crippen LogP contribution in [0.15, 0.2) is 50.9 Å². The zero-order valence-corrected chi connectivity index (χ0v) is 12.0. The quantitative estimate of drug-likeness (QED) is 0.843. The number of nitrogens with zero attached hydrogens (tertiary/aromatic N) is 1. The lowest BCUT2D eigenvalue weighted by molar-refractivity contribution is 0.405. The molecule has 0 bridgehead atoms. The van der Waals surface area contributed by atoms with Gasteiger partial charge in [0.05, 0.1) is 12.0 Å². The number of aryl methyl sites for hydroxylation is 1. The first-order valence-corrected chi connectivity index (χ1v) is 6.74. The molecule has 0 radical (unpaired) electrons. The highest BCUT2D eigenvalue weighted by Gasteiger charge is 2.07. The van der Waals surface area contributed by atoms with Gasteiger partial charge >= 0.3 is 0 Å². The van der Waals surface area contributed by atoms with Crippen LogP contribution in [-0.2, 0) is 0 Å². The van der Waals surface area contributed by atoms with Crippen molar-refractivity contribution in [2.24, 2.45) is 0 Å². The SMILES string of the molecule is COc1ccccc1Sc1ncc(Br)cc1C. The number of benzene rings is 1. The number of aromatic nitrogens is 1. The number of hydrogen-bond acceptors (Lipinski definition) is 3. The molecule has 0 saturated carbocycles. The van der Waals surface area contributed by atoms with E-state index in [4.69, 9.17) is 4.74 Å².